The normalized spacial score (nSPS) is 16.6. The molecule has 3 nitrogen and oxygen atoms in total. The predicted molar refractivity (Wildman–Crippen MR) is 52.5 cm³/mol. The van der Waals surface area contributed by atoms with Gasteiger partial charge in [-0.05, 0) is 25.2 Å². The molecule has 0 fully saturated rings. The summed E-state index contributed by atoms with van der Waals surface area (Å²) in [6.45, 7) is 1.24. The lowest BCUT2D eigenvalue weighted by Crippen LogP contribution is -2.32. The van der Waals surface area contributed by atoms with E-state index in [0.717, 1.165) is 23.4 Å². The number of carbonyl (C=O) groups excluding carboxylic acids is 1. The molecule has 0 aliphatic carbocycles. The van der Waals surface area contributed by atoms with Crippen LogP contribution >= 0.6 is 0 Å². The molecule has 1 radical (unpaired) electrons. The molecule has 0 N–H and O–H groups in total. The van der Waals surface area contributed by atoms with Gasteiger partial charge in [0.1, 0.15) is 5.75 Å². The lowest BCUT2D eigenvalue weighted by Gasteiger charge is -2.25. The maximum absolute atomic E-state index is 11.6. The Morgan fingerprint density at radius 3 is 2.93 bits per heavy atom. The molecule has 0 atom stereocenters. The SMILES string of the molecule is COc1c[c]cc2c1CN(C)CC2=O. The molecule has 0 saturated carbocycles. The molecule has 0 bridgehead atoms. The van der Waals surface area contributed by atoms with Gasteiger partial charge < -0.3 is 4.74 Å². The quantitative estimate of drug-likeness (QED) is 0.664. The van der Waals surface area contributed by atoms with Crippen LogP contribution in [0.5, 0.6) is 5.75 Å². The smallest absolute Gasteiger partial charge is 0.177 e. The summed E-state index contributed by atoms with van der Waals surface area (Å²) in [5.74, 6) is 0.895. The van der Waals surface area contributed by atoms with Gasteiger partial charge in [0.2, 0.25) is 0 Å². The molecule has 0 spiro atoms. The molecule has 0 aromatic heterocycles. The van der Waals surface area contributed by atoms with Crippen molar-refractivity contribution in [2.75, 3.05) is 20.7 Å². The topological polar surface area (TPSA) is 29.5 Å². The minimum atomic E-state index is 0.143. The molecule has 73 valence electrons. The first-order valence-corrected chi connectivity index (χ1v) is 4.51. The fourth-order valence-corrected chi connectivity index (χ4v) is 1.76. The molecule has 1 aromatic carbocycles. The number of benzene rings is 1. The monoisotopic (exact) mass is 190 g/mol. The maximum Gasteiger partial charge on any atom is 0.177 e. The number of fused-ring (bicyclic) bond motifs is 1. The van der Waals surface area contributed by atoms with Gasteiger partial charge in [0.25, 0.3) is 0 Å². The van der Waals surface area contributed by atoms with E-state index in [-0.39, 0.29) is 5.78 Å². The van der Waals surface area contributed by atoms with Crippen molar-refractivity contribution in [2.24, 2.45) is 0 Å². The molecule has 1 aromatic rings. The van der Waals surface area contributed by atoms with Crippen molar-refractivity contribution in [1.82, 2.24) is 4.90 Å². The number of rotatable bonds is 1. The fourth-order valence-electron chi connectivity index (χ4n) is 1.76. The van der Waals surface area contributed by atoms with Gasteiger partial charge in [-0.2, -0.15) is 0 Å². The number of nitrogens with zero attached hydrogens (tertiary/aromatic N) is 1. The Morgan fingerprint density at radius 1 is 1.43 bits per heavy atom. The van der Waals surface area contributed by atoms with Gasteiger partial charge in [0, 0.05) is 17.7 Å². The van der Waals surface area contributed by atoms with Crippen LogP contribution in [0.4, 0.5) is 0 Å². The molecular weight excluding hydrogens is 178 g/mol. The Bertz CT molecular complexity index is 374. The molecule has 14 heavy (non-hydrogen) atoms. The maximum atomic E-state index is 11.6. The zero-order valence-electron chi connectivity index (χ0n) is 8.33. The highest BCUT2D eigenvalue weighted by Crippen LogP contribution is 2.26. The van der Waals surface area contributed by atoms with Gasteiger partial charge in [0.15, 0.2) is 5.78 Å². The van der Waals surface area contributed by atoms with E-state index < -0.39 is 0 Å². The lowest BCUT2D eigenvalue weighted by molar-refractivity contribution is 0.0921. The molecule has 2 rings (SSSR count). The molecule has 3 heteroatoms. The number of methoxy groups -OCH3 is 1. The van der Waals surface area contributed by atoms with E-state index in [4.69, 9.17) is 4.74 Å². The van der Waals surface area contributed by atoms with E-state index in [1.165, 1.54) is 0 Å². The molecule has 1 aliphatic heterocycles. The van der Waals surface area contributed by atoms with Crippen molar-refractivity contribution in [2.45, 2.75) is 6.54 Å². The van der Waals surface area contributed by atoms with Crippen LogP contribution in [0, 0.1) is 6.07 Å². The second-order valence-corrected chi connectivity index (χ2v) is 3.51. The Balaban J connectivity index is 2.52. The van der Waals surface area contributed by atoms with Crippen molar-refractivity contribution in [1.29, 1.82) is 0 Å². The summed E-state index contributed by atoms with van der Waals surface area (Å²) in [5, 5.41) is 0. The predicted octanol–water partition coefficient (Wildman–Crippen LogP) is 1.12. The van der Waals surface area contributed by atoms with Gasteiger partial charge in [-0.25, -0.2) is 0 Å². The zero-order valence-corrected chi connectivity index (χ0v) is 8.33. The second-order valence-electron chi connectivity index (χ2n) is 3.51. The first-order valence-electron chi connectivity index (χ1n) is 4.51. The van der Waals surface area contributed by atoms with Crippen LogP contribution in [0.1, 0.15) is 15.9 Å². The summed E-state index contributed by atoms with van der Waals surface area (Å²) in [7, 11) is 3.54. The first-order chi connectivity index (χ1) is 6.72. The summed E-state index contributed by atoms with van der Waals surface area (Å²) in [5.41, 5.74) is 1.73. The largest absolute Gasteiger partial charge is 0.496 e. The molecule has 0 amide bonds. The zero-order chi connectivity index (χ0) is 10.1. The van der Waals surface area contributed by atoms with Gasteiger partial charge in [-0.1, -0.05) is 0 Å². The number of Topliss-reactive ketones (excluding diaryl/α,β-unsaturated/α-hetero) is 1. The van der Waals surface area contributed by atoms with Crippen molar-refractivity contribution in [3.63, 3.8) is 0 Å². The highest BCUT2D eigenvalue weighted by Gasteiger charge is 2.23. The molecule has 0 saturated heterocycles. The van der Waals surface area contributed by atoms with Crippen LogP contribution in [0.15, 0.2) is 12.1 Å². The third-order valence-electron chi connectivity index (χ3n) is 2.43. The lowest BCUT2D eigenvalue weighted by atomic mass is 9.98. The number of ether oxygens (including phenoxy) is 1. The molecule has 1 aliphatic rings. The van der Waals surface area contributed by atoms with E-state index >= 15 is 0 Å². The highest BCUT2D eigenvalue weighted by atomic mass is 16.5. The summed E-state index contributed by atoms with van der Waals surface area (Å²) >= 11 is 0. The van der Waals surface area contributed by atoms with Crippen molar-refractivity contribution >= 4 is 5.78 Å². The van der Waals surface area contributed by atoms with Crippen LogP contribution in [0.25, 0.3) is 0 Å². The van der Waals surface area contributed by atoms with Gasteiger partial charge in [0.05, 0.1) is 13.7 Å². The number of carbonyl (C=O) groups is 1. The Kier molecular flexibility index (Phi) is 2.25. The Morgan fingerprint density at radius 2 is 2.21 bits per heavy atom. The van der Waals surface area contributed by atoms with Crippen LogP contribution < -0.4 is 4.74 Å². The standard InChI is InChI=1S/C11H12NO2/c1-12-6-9-8(10(13)7-12)4-3-5-11(9)14-2/h4-5H,6-7H2,1-2H3. The first kappa shape index (κ1) is 9.21. The van der Waals surface area contributed by atoms with Crippen LogP contribution in [-0.4, -0.2) is 31.4 Å². The highest BCUT2D eigenvalue weighted by molar-refractivity contribution is 6.00. The third kappa shape index (κ3) is 1.40. The molecular formula is C11H12NO2. The van der Waals surface area contributed by atoms with Crippen molar-refractivity contribution in [3.05, 3.63) is 29.3 Å². The van der Waals surface area contributed by atoms with E-state index in [0.29, 0.717) is 6.54 Å². The summed E-state index contributed by atoms with van der Waals surface area (Å²) in [4.78, 5) is 13.6. The minimum absolute atomic E-state index is 0.143. The van der Waals surface area contributed by atoms with Crippen LogP contribution in [0.3, 0.4) is 0 Å². The molecule has 1 heterocycles. The van der Waals surface area contributed by atoms with Crippen molar-refractivity contribution in [3.8, 4) is 5.75 Å². The summed E-state index contributed by atoms with van der Waals surface area (Å²) < 4.78 is 5.20. The minimum Gasteiger partial charge on any atom is -0.496 e. The Labute approximate surface area is 83.3 Å². The Hall–Kier alpha value is -1.35. The second kappa shape index (κ2) is 3.42. The molecule has 0 unspecified atom stereocenters. The number of hydrogen-bond donors (Lipinski definition) is 0. The summed E-state index contributed by atoms with van der Waals surface area (Å²) in [6, 6.07) is 6.43. The van der Waals surface area contributed by atoms with E-state index in [1.54, 1.807) is 19.2 Å². The van der Waals surface area contributed by atoms with Gasteiger partial charge >= 0.3 is 0 Å². The van der Waals surface area contributed by atoms with E-state index in [1.807, 2.05) is 11.9 Å². The van der Waals surface area contributed by atoms with Crippen LogP contribution in [0.2, 0.25) is 0 Å². The average molecular weight is 190 g/mol. The van der Waals surface area contributed by atoms with Crippen molar-refractivity contribution < 1.29 is 9.53 Å². The number of hydrogen-bond acceptors (Lipinski definition) is 3. The third-order valence-corrected chi connectivity index (χ3v) is 2.43. The number of ketones is 1. The van der Waals surface area contributed by atoms with Gasteiger partial charge in [-0.3, -0.25) is 9.69 Å². The van der Waals surface area contributed by atoms with Crippen LogP contribution in [-0.2, 0) is 6.54 Å². The fraction of sp³-hybridized carbons (Fsp3) is 0.364. The van der Waals surface area contributed by atoms with Gasteiger partial charge in [-0.15, -0.1) is 0 Å². The van der Waals surface area contributed by atoms with E-state index in [2.05, 4.69) is 6.07 Å². The average Bonchev–Trinajstić information content (AvgIpc) is 2.17. The number of likely N-dealkylation sites (N-methyl/N-ethyl adjacent to an activating group) is 1. The summed E-state index contributed by atoms with van der Waals surface area (Å²) in [6.07, 6.45) is 0. The van der Waals surface area contributed by atoms with E-state index in [9.17, 15) is 4.79 Å².